The van der Waals surface area contributed by atoms with Gasteiger partial charge in [-0.25, -0.2) is 4.79 Å². The van der Waals surface area contributed by atoms with E-state index in [2.05, 4.69) is 12.2 Å². The highest BCUT2D eigenvalue weighted by Gasteiger charge is 2.28. The van der Waals surface area contributed by atoms with Crippen LogP contribution in [0, 0.1) is 5.92 Å². The molecule has 2 N–H and O–H groups in total. The number of nitrogens with one attached hydrogen (secondary N) is 1. The number of aromatic carboxylic acids is 1. The standard InChI is InChI=1S/C16H22N2O4S/c1-2-3-8-17-14(19)11-6-9-18(10-7-11)15(20)12-4-5-13(23-12)16(21)22/h4-5,11H,2-3,6-10H2,1H3,(H,17,19)(H,21,22). The zero-order chi connectivity index (χ0) is 16.8. The number of carboxylic acid groups (broad SMARTS) is 1. The molecule has 0 radical (unpaired) electrons. The van der Waals surface area contributed by atoms with Crippen molar-refractivity contribution in [3.8, 4) is 0 Å². The lowest BCUT2D eigenvalue weighted by atomic mass is 9.95. The summed E-state index contributed by atoms with van der Waals surface area (Å²) < 4.78 is 0. The highest BCUT2D eigenvalue weighted by atomic mass is 32.1. The predicted octanol–water partition coefficient (Wildman–Crippen LogP) is 2.21. The molecule has 126 valence electrons. The van der Waals surface area contributed by atoms with Crippen molar-refractivity contribution in [1.29, 1.82) is 0 Å². The molecule has 6 nitrogen and oxygen atoms in total. The number of carbonyl (C=O) groups is 3. The smallest absolute Gasteiger partial charge is 0.345 e. The monoisotopic (exact) mass is 338 g/mol. The summed E-state index contributed by atoms with van der Waals surface area (Å²) in [7, 11) is 0. The second-order valence-electron chi connectivity index (χ2n) is 5.68. The molecule has 1 saturated heterocycles. The Kier molecular flexibility index (Phi) is 6.15. The summed E-state index contributed by atoms with van der Waals surface area (Å²) in [5, 5.41) is 11.9. The number of rotatable bonds is 6. The molecule has 0 unspecified atom stereocenters. The number of hydrogen-bond donors (Lipinski definition) is 2. The van der Waals surface area contributed by atoms with Crippen LogP contribution < -0.4 is 5.32 Å². The topological polar surface area (TPSA) is 86.7 Å². The Hall–Kier alpha value is -1.89. The van der Waals surface area contributed by atoms with Gasteiger partial charge in [-0.2, -0.15) is 0 Å². The van der Waals surface area contributed by atoms with Gasteiger partial charge in [-0.05, 0) is 31.4 Å². The van der Waals surface area contributed by atoms with Crippen LogP contribution in [0.15, 0.2) is 12.1 Å². The fraction of sp³-hybridized carbons (Fsp3) is 0.562. The van der Waals surface area contributed by atoms with Gasteiger partial charge in [0.05, 0.1) is 4.88 Å². The quantitative estimate of drug-likeness (QED) is 0.779. The molecule has 0 spiro atoms. The molecule has 0 aliphatic carbocycles. The largest absolute Gasteiger partial charge is 0.477 e. The zero-order valence-electron chi connectivity index (χ0n) is 13.2. The Morgan fingerprint density at radius 1 is 1.26 bits per heavy atom. The number of thiophene rings is 1. The van der Waals surface area contributed by atoms with Gasteiger partial charge in [0.25, 0.3) is 5.91 Å². The van der Waals surface area contributed by atoms with Crippen LogP contribution in [0.3, 0.4) is 0 Å². The van der Waals surface area contributed by atoms with Crippen LogP contribution in [0.4, 0.5) is 0 Å². The first kappa shape index (κ1) is 17.5. The molecule has 1 aromatic heterocycles. The van der Waals surface area contributed by atoms with Crippen molar-refractivity contribution in [1.82, 2.24) is 10.2 Å². The molecule has 0 aromatic carbocycles. The first-order chi connectivity index (χ1) is 11.0. The lowest BCUT2D eigenvalue weighted by Gasteiger charge is -2.31. The van der Waals surface area contributed by atoms with E-state index in [0.717, 1.165) is 24.2 Å². The molecule has 0 atom stereocenters. The normalized spacial score (nSPS) is 15.4. The third-order valence-corrected chi connectivity index (χ3v) is 5.07. The molecule has 1 aliphatic rings. The molecule has 1 fully saturated rings. The number of unbranched alkanes of at least 4 members (excludes halogenated alkanes) is 1. The lowest BCUT2D eigenvalue weighted by molar-refractivity contribution is -0.126. The van der Waals surface area contributed by atoms with E-state index >= 15 is 0 Å². The first-order valence-electron chi connectivity index (χ1n) is 7.93. The summed E-state index contributed by atoms with van der Waals surface area (Å²) in [4.78, 5) is 37.6. The Morgan fingerprint density at radius 3 is 2.48 bits per heavy atom. The van der Waals surface area contributed by atoms with E-state index in [1.165, 1.54) is 6.07 Å². The van der Waals surface area contributed by atoms with E-state index in [0.29, 0.717) is 37.4 Å². The Bertz CT molecular complexity index is 576. The Labute approximate surface area is 139 Å². The Morgan fingerprint density at radius 2 is 1.91 bits per heavy atom. The number of carboxylic acids is 1. The van der Waals surface area contributed by atoms with Crippen molar-refractivity contribution >= 4 is 29.1 Å². The van der Waals surface area contributed by atoms with E-state index in [1.54, 1.807) is 11.0 Å². The van der Waals surface area contributed by atoms with E-state index in [9.17, 15) is 14.4 Å². The fourth-order valence-electron chi connectivity index (χ4n) is 2.60. The van der Waals surface area contributed by atoms with E-state index in [1.807, 2.05) is 0 Å². The summed E-state index contributed by atoms with van der Waals surface area (Å²) >= 11 is 0.993. The molecular weight excluding hydrogens is 316 g/mol. The molecule has 2 heterocycles. The molecule has 2 rings (SSSR count). The summed E-state index contributed by atoms with van der Waals surface area (Å²) in [6.45, 7) is 3.86. The molecule has 0 bridgehead atoms. The van der Waals surface area contributed by atoms with Gasteiger partial charge in [0, 0.05) is 25.6 Å². The van der Waals surface area contributed by atoms with Crippen LogP contribution in [0.25, 0.3) is 0 Å². The van der Waals surface area contributed by atoms with Crippen LogP contribution >= 0.6 is 11.3 Å². The fourth-order valence-corrected chi connectivity index (χ4v) is 3.41. The SMILES string of the molecule is CCCCNC(=O)C1CCN(C(=O)c2ccc(C(=O)O)s2)CC1. The van der Waals surface area contributed by atoms with Gasteiger partial charge in [-0.15, -0.1) is 11.3 Å². The number of carbonyl (C=O) groups excluding carboxylic acids is 2. The Balaban J connectivity index is 1.84. The van der Waals surface area contributed by atoms with Gasteiger partial charge in [0.1, 0.15) is 4.88 Å². The molecule has 2 amide bonds. The van der Waals surface area contributed by atoms with Gasteiger partial charge < -0.3 is 15.3 Å². The molecule has 23 heavy (non-hydrogen) atoms. The minimum Gasteiger partial charge on any atom is -0.477 e. The predicted molar refractivity (Wildman–Crippen MR) is 87.8 cm³/mol. The van der Waals surface area contributed by atoms with Crippen molar-refractivity contribution in [2.24, 2.45) is 5.92 Å². The van der Waals surface area contributed by atoms with Crippen molar-refractivity contribution in [3.63, 3.8) is 0 Å². The molecule has 7 heteroatoms. The number of amides is 2. The van der Waals surface area contributed by atoms with Crippen LogP contribution in [-0.4, -0.2) is 47.4 Å². The van der Waals surface area contributed by atoms with Crippen molar-refractivity contribution in [3.05, 3.63) is 21.9 Å². The maximum absolute atomic E-state index is 12.4. The maximum atomic E-state index is 12.4. The first-order valence-corrected chi connectivity index (χ1v) is 8.74. The van der Waals surface area contributed by atoms with Crippen LogP contribution in [-0.2, 0) is 4.79 Å². The number of hydrogen-bond acceptors (Lipinski definition) is 4. The van der Waals surface area contributed by atoms with Crippen LogP contribution in [0.1, 0.15) is 52.0 Å². The highest BCUT2D eigenvalue weighted by Crippen LogP contribution is 2.23. The average molecular weight is 338 g/mol. The van der Waals surface area contributed by atoms with Gasteiger partial charge >= 0.3 is 5.97 Å². The van der Waals surface area contributed by atoms with Gasteiger partial charge in [0.2, 0.25) is 5.91 Å². The third-order valence-electron chi connectivity index (χ3n) is 4.01. The van der Waals surface area contributed by atoms with Gasteiger partial charge in [-0.3, -0.25) is 9.59 Å². The summed E-state index contributed by atoms with van der Waals surface area (Å²) in [6, 6.07) is 3.01. The van der Waals surface area contributed by atoms with E-state index in [4.69, 9.17) is 5.11 Å². The minimum atomic E-state index is -1.02. The van der Waals surface area contributed by atoms with Gasteiger partial charge in [-0.1, -0.05) is 13.3 Å². The van der Waals surface area contributed by atoms with Crippen molar-refractivity contribution < 1.29 is 19.5 Å². The number of likely N-dealkylation sites (tertiary alicyclic amines) is 1. The second-order valence-corrected chi connectivity index (χ2v) is 6.76. The second kappa shape index (κ2) is 8.10. The summed E-state index contributed by atoms with van der Waals surface area (Å²) in [5.74, 6) is -1.12. The molecule has 0 saturated carbocycles. The molecule has 1 aliphatic heterocycles. The highest BCUT2D eigenvalue weighted by molar-refractivity contribution is 7.15. The lowest BCUT2D eigenvalue weighted by Crippen LogP contribution is -2.43. The third kappa shape index (κ3) is 4.54. The maximum Gasteiger partial charge on any atom is 0.345 e. The van der Waals surface area contributed by atoms with Crippen LogP contribution in [0.5, 0.6) is 0 Å². The molecular formula is C16H22N2O4S. The van der Waals surface area contributed by atoms with Crippen molar-refractivity contribution in [2.45, 2.75) is 32.6 Å². The van der Waals surface area contributed by atoms with E-state index in [-0.39, 0.29) is 22.6 Å². The van der Waals surface area contributed by atoms with Crippen molar-refractivity contribution in [2.75, 3.05) is 19.6 Å². The molecule has 1 aromatic rings. The van der Waals surface area contributed by atoms with Crippen LogP contribution in [0.2, 0.25) is 0 Å². The number of nitrogens with zero attached hydrogens (tertiary/aromatic N) is 1. The zero-order valence-corrected chi connectivity index (χ0v) is 14.0. The van der Waals surface area contributed by atoms with Gasteiger partial charge in [0.15, 0.2) is 0 Å². The summed E-state index contributed by atoms with van der Waals surface area (Å²) in [6.07, 6.45) is 3.33. The minimum absolute atomic E-state index is 0.0335. The number of piperidine rings is 1. The average Bonchev–Trinajstić information content (AvgIpc) is 3.05. The summed E-state index contributed by atoms with van der Waals surface area (Å²) in [5.41, 5.74) is 0. The van der Waals surface area contributed by atoms with E-state index < -0.39 is 5.97 Å².